The molecule has 3 heteroatoms. The number of carbonyl (C=O) groups is 1. The second-order valence-corrected chi connectivity index (χ2v) is 1.89. The average Bonchev–Trinajstić information content (AvgIpc) is 1.83. The quantitative estimate of drug-likeness (QED) is 0.491. The van der Waals surface area contributed by atoms with Crippen molar-refractivity contribution in [1.29, 1.82) is 0 Å². The van der Waals surface area contributed by atoms with Crippen LogP contribution in [0, 0.1) is 0 Å². The minimum atomic E-state index is -1.00. The number of rotatable bonds is 0. The van der Waals surface area contributed by atoms with E-state index >= 15 is 0 Å². The highest BCUT2D eigenvalue weighted by Crippen LogP contribution is 1.98. The number of hydrogen-bond acceptors (Lipinski definition) is 3. The zero-order valence-corrected chi connectivity index (χ0v) is 5.03. The first-order chi connectivity index (χ1) is 4.22. The van der Waals surface area contributed by atoms with Gasteiger partial charge in [0.05, 0.1) is 5.71 Å². The van der Waals surface area contributed by atoms with Gasteiger partial charge in [-0.2, -0.15) is 0 Å². The van der Waals surface area contributed by atoms with Crippen LogP contribution in [-0.2, 0) is 4.79 Å². The topological polar surface area (TPSA) is 49.7 Å². The molecule has 1 aliphatic rings. The molecule has 0 fully saturated rings. The number of aliphatic imine (C=N–C) groups is 1. The van der Waals surface area contributed by atoms with Gasteiger partial charge in [-0.25, -0.2) is 0 Å². The smallest absolute Gasteiger partial charge is 0.191 e. The summed E-state index contributed by atoms with van der Waals surface area (Å²) < 4.78 is 0. The molecule has 1 atom stereocenters. The van der Waals surface area contributed by atoms with Crippen molar-refractivity contribution >= 4 is 11.5 Å². The van der Waals surface area contributed by atoms with Crippen molar-refractivity contribution in [3.05, 3.63) is 12.3 Å². The standard InChI is InChI=1S/C6H7NO2/c1-4-6(9)5(8)2-3-7-4/h2-3,6,9H,1H3/t6-/m0/s1. The molecule has 0 amide bonds. The minimum Gasteiger partial charge on any atom is -0.379 e. The molecule has 1 aliphatic heterocycles. The van der Waals surface area contributed by atoms with Gasteiger partial charge in [-0.3, -0.25) is 9.79 Å². The highest BCUT2D eigenvalue weighted by Gasteiger charge is 2.16. The van der Waals surface area contributed by atoms with Gasteiger partial charge in [0.25, 0.3) is 0 Å². The van der Waals surface area contributed by atoms with E-state index in [-0.39, 0.29) is 5.78 Å². The van der Waals surface area contributed by atoms with Gasteiger partial charge in [-0.05, 0) is 6.92 Å². The summed E-state index contributed by atoms with van der Waals surface area (Å²) in [5.41, 5.74) is 0.461. The average molecular weight is 125 g/mol. The summed E-state index contributed by atoms with van der Waals surface area (Å²) in [4.78, 5) is 14.3. The molecule has 1 heterocycles. The highest BCUT2D eigenvalue weighted by atomic mass is 16.3. The summed E-state index contributed by atoms with van der Waals surface area (Å²) in [6, 6.07) is 0. The zero-order chi connectivity index (χ0) is 6.85. The Balaban J connectivity index is 2.86. The highest BCUT2D eigenvalue weighted by molar-refractivity contribution is 6.12. The van der Waals surface area contributed by atoms with E-state index in [0.29, 0.717) is 5.71 Å². The lowest BCUT2D eigenvalue weighted by Crippen LogP contribution is -2.28. The van der Waals surface area contributed by atoms with E-state index in [1.165, 1.54) is 12.3 Å². The van der Waals surface area contributed by atoms with Crippen LogP contribution in [0.1, 0.15) is 6.92 Å². The van der Waals surface area contributed by atoms with E-state index in [9.17, 15) is 4.79 Å². The number of carbonyl (C=O) groups excluding carboxylic acids is 1. The number of aliphatic hydroxyl groups is 1. The van der Waals surface area contributed by atoms with Crippen LogP contribution in [0.2, 0.25) is 0 Å². The molecule has 0 aromatic heterocycles. The molecular formula is C6H7NO2. The molecule has 0 aliphatic carbocycles. The fraction of sp³-hybridized carbons (Fsp3) is 0.333. The van der Waals surface area contributed by atoms with Gasteiger partial charge in [-0.1, -0.05) is 0 Å². The van der Waals surface area contributed by atoms with Gasteiger partial charge in [0.1, 0.15) is 0 Å². The van der Waals surface area contributed by atoms with Crippen LogP contribution in [0.3, 0.4) is 0 Å². The van der Waals surface area contributed by atoms with Gasteiger partial charge < -0.3 is 5.11 Å². The maximum atomic E-state index is 10.6. The molecule has 0 unspecified atom stereocenters. The Kier molecular flexibility index (Phi) is 1.44. The van der Waals surface area contributed by atoms with E-state index in [1.54, 1.807) is 6.92 Å². The molecule has 48 valence electrons. The number of aliphatic hydroxyl groups excluding tert-OH is 1. The monoisotopic (exact) mass is 125 g/mol. The van der Waals surface area contributed by atoms with Crippen molar-refractivity contribution in [3.63, 3.8) is 0 Å². The van der Waals surface area contributed by atoms with Crippen molar-refractivity contribution in [2.75, 3.05) is 0 Å². The van der Waals surface area contributed by atoms with Crippen LogP contribution >= 0.6 is 0 Å². The van der Waals surface area contributed by atoms with Crippen LogP contribution in [0.15, 0.2) is 17.3 Å². The normalized spacial score (nSPS) is 26.2. The fourth-order valence-corrected chi connectivity index (χ4v) is 0.596. The Bertz CT molecular complexity index is 193. The number of nitrogens with zero attached hydrogens (tertiary/aromatic N) is 1. The summed E-state index contributed by atoms with van der Waals surface area (Å²) in [6.07, 6.45) is 1.65. The third kappa shape index (κ3) is 1.05. The summed E-state index contributed by atoms with van der Waals surface area (Å²) in [7, 11) is 0. The molecule has 0 aromatic carbocycles. The molecule has 1 rings (SSSR count). The van der Waals surface area contributed by atoms with Crippen molar-refractivity contribution in [2.45, 2.75) is 13.0 Å². The first-order valence-electron chi connectivity index (χ1n) is 2.64. The Hall–Kier alpha value is -0.960. The van der Waals surface area contributed by atoms with E-state index in [2.05, 4.69) is 4.99 Å². The summed E-state index contributed by atoms with van der Waals surface area (Å²) >= 11 is 0. The van der Waals surface area contributed by atoms with Crippen molar-refractivity contribution in [3.8, 4) is 0 Å². The molecule has 0 aromatic rings. The van der Waals surface area contributed by atoms with Gasteiger partial charge in [0.2, 0.25) is 0 Å². The molecule has 0 saturated heterocycles. The predicted octanol–water partition coefficient (Wildman–Crippen LogP) is -0.0954. The summed E-state index contributed by atoms with van der Waals surface area (Å²) in [5, 5.41) is 8.91. The fourth-order valence-electron chi connectivity index (χ4n) is 0.596. The van der Waals surface area contributed by atoms with Crippen molar-refractivity contribution in [2.24, 2.45) is 4.99 Å². The Morgan fingerprint density at radius 2 is 2.44 bits per heavy atom. The van der Waals surface area contributed by atoms with Gasteiger partial charge >= 0.3 is 0 Å². The van der Waals surface area contributed by atoms with Crippen molar-refractivity contribution < 1.29 is 9.90 Å². The number of ketones is 1. The van der Waals surface area contributed by atoms with Crippen LogP contribution in [0.25, 0.3) is 0 Å². The Morgan fingerprint density at radius 3 is 2.89 bits per heavy atom. The molecule has 0 bridgehead atoms. The molecule has 0 saturated carbocycles. The molecule has 9 heavy (non-hydrogen) atoms. The predicted molar refractivity (Wildman–Crippen MR) is 33.3 cm³/mol. The van der Waals surface area contributed by atoms with Crippen LogP contribution in [0.4, 0.5) is 0 Å². The van der Waals surface area contributed by atoms with Crippen molar-refractivity contribution in [1.82, 2.24) is 0 Å². The Morgan fingerprint density at radius 1 is 1.78 bits per heavy atom. The number of hydrogen-bond donors (Lipinski definition) is 1. The van der Waals surface area contributed by atoms with Crippen LogP contribution in [-0.4, -0.2) is 22.7 Å². The lowest BCUT2D eigenvalue weighted by molar-refractivity contribution is -0.119. The van der Waals surface area contributed by atoms with Crippen LogP contribution in [0.5, 0.6) is 0 Å². The van der Waals surface area contributed by atoms with E-state index in [4.69, 9.17) is 5.11 Å². The lowest BCUT2D eigenvalue weighted by atomic mass is 10.1. The second kappa shape index (κ2) is 2.11. The summed E-state index contributed by atoms with van der Waals surface area (Å²) in [5.74, 6) is -0.289. The van der Waals surface area contributed by atoms with Crippen LogP contribution < -0.4 is 0 Å². The Labute approximate surface area is 52.7 Å². The second-order valence-electron chi connectivity index (χ2n) is 1.89. The summed E-state index contributed by atoms with van der Waals surface area (Å²) in [6.45, 7) is 1.62. The molecule has 0 radical (unpaired) electrons. The maximum Gasteiger partial charge on any atom is 0.191 e. The largest absolute Gasteiger partial charge is 0.379 e. The molecule has 3 nitrogen and oxygen atoms in total. The zero-order valence-electron chi connectivity index (χ0n) is 5.03. The minimum absolute atomic E-state index is 0.289. The van der Waals surface area contributed by atoms with E-state index in [1.807, 2.05) is 0 Å². The molecule has 0 spiro atoms. The third-order valence-electron chi connectivity index (χ3n) is 1.18. The van der Waals surface area contributed by atoms with E-state index < -0.39 is 6.10 Å². The lowest BCUT2D eigenvalue weighted by Gasteiger charge is -2.07. The molecular weight excluding hydrogens is 118 g/mol. The first-order valence-corrected chi connectivity index (χ1v) is 2.64. The van der Waals surface area contributed by atoms with Gasteiger partial charge in [-0.15, -0.1) is 0 Å². The maximum absolute atomic E-state index is 10.6. The first kappa shape index (κ1) is 6.16. The SMILES string of the molecule is CC1=NC=CC(=O)[C@H]1O. The van der Waals surface area contributed by atoms with E-state index in [0.717, 1.165) is 0 Å². The third-order valence-corrected chi connectivity index (χ3v) is 1.18. The van der Waals surface area contributed by atoms with Gasteiger partial charge in [0.15, 0.2) is 11.9 Å². The molecule has 1 N–H and O–H groups in total. The van der Waals surface area contributed by atoms with Gasteiger partial charge in [0, 0.05) is 12.3 Å².